The quantitative estimate of drug-likeness (QED) is 0.279. The van der Waals surface area contributed by atoms with Crippen LogP contribution in [0.4, 0.5) is 4.39 Å². The van der Waals surface area contributed by atoms with Crippen molar-refractivity contribution in [2.75, 3.05) is 14.2 Å². The van der Waals surface area contributed by atoms with Gasteiger partial charge in [0.1, 0.15) is 5.76 Å². The van der Waals surface area contributed by atoms with Gasteiger partial charge in [-0.05, 0) is 41.0 Å². The molecule has 0 spiro atoms. The van der Waals surface area contributed by atoms with Crippen molar-refractivity contribution in [2.24, 2.45) is 10.7 Å². The molecule has 3 N–H and O–H groups in total. The summed E-state index contributed by atoms with van der Waals surface area (Å²) in [6.07, 6.45) is 9.73. The number of nitrogens with two attached hydrogens (primary N) is 1. The average molecular weight is 464 g/mol. The number of halogens is 1. The Morgan fingerprint density at radius 1 is 1.15 bits per heavy atom. The average Bonchev–Trinajstić information content (AvgIpc) is 3.47. The molecule has 0 aromatic heterocycles. The van der Waals surface area contributed by atoms with Gasteiger partial charge in [0.25, 0.3) is 5.91 Å². The Labute approximate surface area is 201 Å². The molecule has 2 aromatic carbocycles. The minimum Gasteiger partial charge on any atom is -0.497 e. The minimum atomic E-state index is -0.680. The van der Waals surface area contributed by atoms with Crippen molar-refractivity contribution in [3.8, 4) is 11.1 Å². The lowest BCUT2D eigenvalue weighted by atomic mass is 9.95. The lowest BCUT2D eigenvalue weighted by Crippen LogP contribution is -2.23. The first-order valence-corrected chi connectivity index (χ1v) is 11.4. The van der Waals surface area contributed by atoms with Gasteiger partial charge >= 0.3 is 0 Å². The number of aliphatic imine (C=N–C) groups is 1. The molecule has 1 saturated carbocycles. The molecule has 0 heterocycles. The molecule has 0 aliphatic heterocycles. The van der Waals surface area contributed by atoms with E-state index in [0.717, 1.165) is 28.5 Å². The van der Waals surface area contributed by atoms with E-state index in [-0.39, 0.29) is 5.70 Å². The normalized spacial score (nSPS) is 13.5. The molecule has 0 atom stereocenters. The molecule has 3 rings (SSSR count). The van der Waals surface area contributed by atoms with Crippen LogP contribution in [-0.2, 0) is 11.3 Å². The van der Waals surface area contributed by atoms with Crippen LogP contribution in [0.3, 0.4) is 0 Å². The van der Waals surface area contributed by atoms with Crippen LogP contribution in [0.5, 0.6) is 0 Å². The van der Waals surface area contributed by atoms with Crippen molar-refractivity contribution in [3.05, 3.63) is 89.9 Å². The van der Waals surface area contributed by atoms with Crippen molar-refractivity contribution >= 4 is 17.9 Å². The number of hydrogen-bond acceptors (Lipinski definition) is 4. The second-order valence-electron chi connectivity index (χ2n) is 7.86. The number of methoxy groups -OCH3 is 1. The van der Waals surface area contributed by atoms with Crippen LogP contribution in [0.15, 0.2) is 78.2 Å². The molecular formula is C28H34FN3O2. The Morgan fingerprint density at radius 3 is 2.38 bits per heavy atom. The van der Waals surface area contributed by atoms with E-state index < -0.39 is 11.7 Å². The maximum atomic E-state index is 14.0. The van der Waals surface area contributed by atoms with Gasteiger partial charge in [0, 0.05) is 24.7 Å². The summed E-state index contributed by atoms with van der Waals surface area (Å²) < 4.78 is 19.2. The van der Waals surface area contributed by atoms with Crippen LogP contribution in [0.2, 0.25) is 0 Å². The molecule has 0 unspecified atom stereocenters. The second kappa shape index (κ2) is 13.9. The van der Waals surface area contributed by atoms with Crippen molar-refractivity contribution in [1.29, 1.82) is 0 Å². The van der Waals surface area contributed by atoms with Crippen LogP contribution in [0.25, 0.3) is 16.9 Å². The van der Waals surface area contributed by atoms with E-state index in [2.05, 4.69) is 23.5 Å². The van der Waals surface area contributed by atoms with E-state index in [4.69, 9.17) is 10.5 Å². The van der Waals surface area contributed by atoms with Crippen LogP contribution in [0.1, 0.15) is 53.6 Å². The summed E-state index contributed by atoms with van der Waals surface area (Å²) in [6.45, 7) is 7.69. The molecule has 5 nitrogen and oxygen atoms in total. The van der Waals surface area contributed by atoms with Crippen LogP contribution in [-0.4, -0.2) is 26.3 Å². The number of hydrogen-bond donors (Lipinski definition) is 2. The lowest BCUT2D eigenvalue weighted by molar-refractivity contribution is 0.0966. The topological polar surface area (TPSA) is 76.7 Å². The van der Waals surface area contributed by atoms with Gasteiger partial charge in [0.15, 0.2) is 5.83 Å². The zero-order chi connectivity index (χ0) is 24.9. The first-order valence-electron chi connectivity index (χ1n) is 11.4. The molecule has 1 fully saturated rings. The van der Waals surface area contributed by atoms with Gasteiger partial charge in [0.2, 0.25) is 0 Å². The third-order valence-electron chi connectivity index (χ3n) is 5.54. The van der Waals surface area contributed by atoms with Crippen molar-refractivity contribution in [1.82, 2.24) is 5.32 Å². The fourth-order valence-electron chi connectivity index (χ4n) is 3.61. The molecule has 0 saturated heterocycles. The first kappa shape index (κ1) is 26.7. The van der Waals surface area contributed by atoms with E-state index in [1.54, 1.807) is 25.3 Å². The standard InChI is InChI=1S/C23H24FN3O2.C5H10/c1-5-22(21(24)14-26-3)27-23(28)18-9-10-19(13-25)20(12-18)17-8-6-7-16(11-17)15(2)29-4;1-2-4-5-3-1/h5-12,14H,1-2,13,25H2,3-4H3,(H,27,28);1-5H2/b22-21-,26-14?;. The van der Waals surface area contributed by atoms with E-state index in [0.29, 0.717) is 17.9 Å². The Balaban J connectivity index is 0.000000720. The van der Waals surface area contributed by atoms with E-state index >= 15 is 0 Å². The number of benzene rings is 2. The highest BCUT2D eigenvalue weighted by molar-refractivity contribution is 5.97. The highest BCUT2D eigenvalue weighted by Gasteiger charge is 2.13. The summed E-state index contributed by atoms with van der Waals surface area (Å²) in [7, 11) is 2.99. The molecule has 1 amide bonds. The molecule has 0 radical (unpaired) electrons. The van der Waals surface area contributed by atoms with Crippen LogP contribution >= 0.6 is 0 Å². The number of amides is 1. The summed E-state index contributed by atoms with van der Waals surface area (Å²) in [5.74, 6) is -0.619. The second-order valence-corrected chi connectivity index (χ2v) is 7.86. The maximum Gasteiger partial charge on any atom is 0.255 e. The molecule has 0 bridgehead atoms. The van der Waals surface area contributed by atoms with Gasteiger partial charge in [-0.15, -0.1) is 0 Å². The number of nitrogens with one attached hydrogen (secondary N) is 1. The molecule has 34 heavy (non-hydrogen) atoms. The number of nitrogens with zero attached hydrogens (tertiary/aromatic N) is 1. The number of allylic oxidation sites excluding steroid dienone is 2. The van der Waals surface area contributed by atoms with E-state index in [1.165, 1.54) is 45.2 Å². The predicted molar refractivity (Wildman–Crippen MR) is 139 cm³/mol. The number of carbonyl (C=O) groups excluding carboxylic acids is 1. The van der Waals surface area contributed by atoms with Gasteiger partial charge in [-0.1, -0.05) is 69.5 Å². The minimum absolute atomic E-state index is 0.0524. The first-order chi connectivity index (χ1) is 16.4. The Bertz CT molecular complexity index is 1060. The van der Waals surface area contributed by atoms with Gasteiger partial charge in [-0.3, -0.25) is 9.79 Å². The fourth-order valence-corrected chi connectivity index (χ4v) is 3.61. The molecule has 1 aliphatic rings. The monoisotopic (exact) mass is 463 g/mol. The molecule has 6 heteroatoms. The summed E-state index contributed by atoms with van der Waals surface area (Å²) in [5.41, 5.74) is 9.53. The number of carbonyl (C=O) groups is 1. The van der Waals surface area contributed by atoms with Crippen molar-refractivity contribution in [2.45, 2.75) is 38.6 Å². The Kier molecular flexibility index (Phi) is 10.9. The zero-order valence-corrected chi connectivity index (χ0v) is 20.1. The molecule has 2 aromatic rings. The summed E-state index contributed by atoms with van der Waals surface area (Å²) in [6, 6.07) is 12.7. The predicted octanol–water partition coefficient (Wildman–Crippen LogP) is 6.18. The maximum absolute atomic E-state index is 14.0. The molecule has 1 aliphatic carbocycles. The smallest absolute Gasteiger partial charge is 0.255 e. The highest BCUT2D eigenvalue weighted by Crippen LogP contribution is 2.28. The van der Waals surface area contributed by atoms with Gasteiger partial charge in [-0.2, -0.15) is 0 Å². The van der Waals surface area contributed by atoms with Crippen LogP contribution in [0, 0.1) is 0 Å². The highest BCUT2D eigenvalue weighted by atomic mass is 19.1. The van der Waals surface area contributed by atoms with Crippen LogP contribution < -0.4 is 11.1 Å². The van der Waals surface area contributed by atoms with Crippen molar-refractivity contribution in [3.63, 3.8) is 0 Å². The molecular weight excluding hydrogens is 429 g/mol. The van der Waals surface area contributed by atoms with Gasteiger partial charge in [-0.25, -0.2) is 4.39 Å². The zero-order valence-electron chi connectivity index (χ0n) is 20.1. The SMILES string of the molecule is C1CCCC1.C=C/C(NC(=O)c1ccc(CN)c(-c2cccc(C(=C)OC)c2)c1)=C(/F)C=NC. The number of rotatable bonds is 8. The van der Waals surface area contributed by atoms with E-state index in [9.17, 15) is 9.18 Å². The van der Waals surface area contributed by atoms with Crippen molar-refractivity contribution < 1.29 is 13.9 Å². The largest absolute Gasteiger partial charge is 0.497 e. The number of ether oxygens (including phenoxy) is 1. The third kappa shape index (κ3) is 7.52. The lowest BCUT2D eigenvalue weighted by Gasteiger charge is -2.13. The third-order valence-corrected chi connectivity index (χ3v) is 5.54. The Morgan fingerprint density at radius 2 is 1.82 bits per heavy atom. The van der Waals surface area contributed by atoms with Gasteiger partial charge in [0.05, 0.1) is 19.0 Å². The molecule has 180 valence electrons. The summed E-state index contributed by atoms with van der Waals surface area (Å²) in [4.78, 5) is 16.3. The summed E-state index contributed by atoms with van der Waals surface area (Å²) in [5, 5.41) is 2.51. The fraction of sp³-hybridized carbons (Fsp3) is 0.286. The van der Waals surface area contributed by atoms with E-state index in [1.807, 2.05) is 24.3 Å². The summed E-state index contributed by atoms with van der Waals surface area (Å²) >= 11 is 0. The Hall–Kier alpha value is -3.51. The van der Waals surface area contributed by atoms with Gasteiger partial charge < -0.3 is 15.8 Å².